The highest BCUT2D eigenvalue weighted by Gasteiger charge is 2.47. The molecule has 0 amide bonds. The van der Waals surface area contributed by atoms with Gasteiger partial charge in [-0.2, -0.15) is 5.10 Å². The van der Waals surface area contributed by atoms with E-state index in [1.807, 2.05) is 25.3 Å². The molecule has 0 bridgehead atoms. The van der Waals surface area contributed by atoms with Crippen molar-refractivity contribution < 1.29 is 9.13 Å². The zero-order valence-corrected chi connectivity index (χ0v) is 17.4. The molecule has 28 heavy (non-hydrogen) atoms. The van der Waals surface area contributed by atoms with Gasteiger partial charge in [-0.3, -0.25) is 10.00 Å². The first-order valence-corrected chi connectivity index (χ1v) is 10.7. The van der Waals surface area contributed by atoms with Gasteiger partial charge in [-0.1, -0.05) is 28.1 Å². The molecule has 1 aliphatic heterocycles. The number of halogens is 2. The predicted octanol–water partition coefficient (Wildman–Crippen LogP) is 5.17. The minimum absolute atomic E-state index is 0.0223. The maximum atomic E-state index is 14.8. The number of alkyl halides is 1. The summed E-state index contributed by atoms with van der Waals surface area (Å²) in [7, 11) is 0. The number of H-pyrrole nitrogens is 1. The van der Waals surface area contributed by atoms with Gasteiger partial charge in [0.2, 0.25) is 0 Å². The Morgan fingerprint density at radius 3 is 2.89 bits per heavy atom. The molecule has 1 atom stereocenters. The Balaban J connectivity index is 1.66. The van der Waals surface area contributed by atoms with Crippen molar-refractivity contribution in [3.63, 3.8) is 0 Å². The van der Waals surface area contributed by atoms with Crippen LogP contribution in [0, 0.1) is 0 Å². The number of fused-ring (bicyclic) bond motifs is 3. The number of nitrogens with zero attached hydrogens (tertiary/aromatic N) is 2. The fraction of sp³-hybridized carbons (Fsp3) is 0.409. The Morgan fingerprint density at radius 2 is 2.11 bits per heavy atom. The molecule has 3 aromatic rings. The number of hydrogen-bond donors (Lipinski definition) is 1. The Labute approximate surface area is 172 Å². The average molecular weight is 444 g/mol. The molecule has 0 spiro atoms. The van der Waals surface area contributed by atoms with Crippen LogP contribution in [0.25, 0.3) is 10.9 Å². The minimum Gasteiger partial charge on any atom is -0.493 e. The number of aromatic nitrogens is 2. The highest BCUT2D eigenvalue weighted by atomic mass is 79.9. The summed E-state index contributed by atoms with van der Waals surface area (Å²) in [6, 6.07) is 10.4. The van der Waals surface area contributed by atoms with Gasteiger partial charge in [0.1, 0.15) is 11.4 Å². The quantitative estimate of drug-likeness (QED) is 0.590. The molecule has 4 nitrogen and oxygen atoms in total. The molecule has 1 N–H and O–H groups in total. The van der Waals surface area contributed by atoms with Crippen molar-refractivity contribution in [2.75, 3.05) is 19.7 Å². The summed E-state index contributed by atoms with van der Waals surface area (Å²) in [6.45, 7) is 3.89. The molecular formula is C22H23BrFN3O. The molecule has 1 saturated carbocycles. The van der Waals surface area contributed by atoms with Gasteiger partial charge in [0.05, 0.1) is 24.4 Å². The summed E-state index contributed by atoms with van der Waals surface area (Å²) in [5, 5.41) is 8.46. The van der Waals surface area contributed by atoms with Crippen LogP contribution >= 0.6 is 15.9 Å². The number of benzene rings is 2. The lowest BCUT2D eigenvalue weighted by Gasteiger charge is -2.39. The SMILES string of the molecule is CCOc1cc(Br)ccc1C1c2ccc3[nH]ncc3c2CCN1CC1(F)CC1. The van der Waals surface area contributed by atoms with E-state index in [1.54, 1.807) is 0 Å². The smallest absolute Gasteiger partial charge is 0.125 e. The van der Waals surface area contributed by atoms with Gasteiger partial charge in [-0.05, 0) is 55.5 Å². The number of aromatic amines is 1. The topological polar surface area (TPSA) is 41.1 Å². The molecule has 1 fully saturated rings. The average Bonchev–Trinajstić information content (AvgIpc) is 3.21. The molecule has 2 heterocycles. The lowest BCUT2D eigenvalue weighted by atomic mass is 9.86. The molecule has 5 rings (SSSR count). The van der Waals surface area contributed by atoms with Gasteiger partial charge in [-0.25, -0.2) is 4.39 Å². The van der Waals surface area contributed by atoms with E-state index in [9.17, 15) is 4.39 Å². The maximum Gasteiger partial charge on any atom is 0.125 e. The van der Waals surface area contributed by atoms with Crippen LogP contribution in [0.5, 0.6) is 5.75 Å². The first kappa shape index (κ1) is 18.1. The highest BCUT2D eigenvalue weighted by Crippen LogP contribution is 2.46. The van der Waals surface area contributed by atoms with E-state index in [1.165, 1.54) is 16.5 Å². The summed E-state index contributed by atoms with van der Waals surface area (Å²) >= 11 is 3.56. The Hall–Kier alpha value is -1.92. The lowest BCUT2D eigenvalue weighted by Crippen LogP contribution is -2.40. The van der Waals surface area contributed by atoms with Crippen LogP contribution in [0.3, 0.4) is 0 Å². The van der Waals surface area contributed by atoms with E-state index in [4.69, 9.17) is 4.74 Å². The first-order chi connectivity index (χ1) is 13.6. The second-order valence-corrected chi connectivity index (χ2v) is 8.77. The molecule has 0 radical (unpaired) electrons. The Morgan fingerprint density at radius 1 is 1.29 bits per heavy atom. The van der Waals surface area contributed by atoms with Gasteiger partial charge in [0.25, 0.3) is 0 Å². The molecule has 1 aliphatic carbocycles. The molecule has 1 unspecified atom stereocenters. The van der Waals surface area contributed by atoms with Gasteiger partial charge < -0.3 is 4.74 Å². The number of hydrogen-bond acceptors (Lipinski definition) is 3. The minimum atomic E-state index is -1.03. The molecule has 0 saturated heterocycles. The fourth-order valence-electron chi connectivity index (χ4n) is 4.42. The highest BCUT2D eigenvalue weighted by molar-refractivity contribution is 9.10. The summed E-state index contributed by atoms with van der Waals surface area (Å²) in [6.07, 6.45) is 4.15. The van der Waals surface area contributed by atoms with E-state index < -0.39 is 5.67 Å². The van der Waals surface area contributed by atoms with E-state index in [2.05, 4.69) is 49.2 Å². The number of ether oxygens (including phenoxy) is 1. The van der Waals surface area contributed by atoms with Crippen molar-refractivity contribution in [1.29, 1.82) is 0 Å². The molecule has 6 heteroatoms. The predicted molar refractivity (Wildman–Crippen MR) is 112 cm³/mol. The van der Waals surface area contributed by atoms with Crippen LogP contribution in [0.1, 0.15) is 42.5 Å². The van der Waals surface area contributed by atoms with Gasteiger partial charge in [0.15, 0.2) is 0 Å². The van der Waals surface area contributed by atoms with Crippen molar-refractivity contribution in [2.24, 2.45) is 0 Å². The van der Waals surface area contributed by atoms with Crippen LogP contribution < -0.4 is 4.74 Å². The van der Waals surface area contributed by atoms with Crippen LogP contribution in [-0.2, 0) is 6.42 Å². The molecule has 146 valence electrons. The van der Waals surface area contributed by atoms with Crippen molar-refractivity contribution in [2.45, 2.75) is 37.9 Å². The van der Waals surface area contributed by atoms with Crippen molar-refractivity contribution >= 4 is 26.8 Å². The van der Waals surface area contributed by atoms with E-state index in [-0.39, 0.29) is 6.04 Å². The summed E-state index contributed by atoms with van der Waals surface area (Å²) < 4.78 is 21.7. The second kappa shape index (κ2) is 6.85. The van der Waals surface area contributed by atoms with Gasteiger partial charge in [-0.15, -0.1) is 0 Å². The van der Waals surface area contributed by atoms with E-state index in [0.717, 1.165) is 34.3 Å². The van der Waals surface area contributed by atoms with Gasteiger partial charge in [0, 0.05) is 28.5 Å². The zero-order chi connectivity index (χ0) is 19.3. The van der Waals surface area contributed by atoms with E-state index >= 15 is 0 Å². The van der Waals surface area contributed by atoms with Crippen LogP contribution in [0.15, 0.2) is 41.0 Å². The molecule has 2 aliphatic rings. The summed E-state index contributed by atoms with van der Waals surface area (Å²) in [4.78, 5) is 2.30. The molecular weight excluding hydrogens is 421 g/mol. The largest absolute Gasteiger partial charge is 0.493 e. The molecule has 2 aromatic carbocycles. The number of rotatable bonds is 5. The standard InChI is InChI=1S/C22H23BrFN3O/c1-2-28-20-11-14(23)3-4-17(20)21-16-5-6-19-18(12-25-26-19)15(16)7-10-27(21)13-22(24)8-9-22/h3-6,11-12,21H,2,7-10,13H2,1H3,(H,25,26). The normalized spacial score (nSPS) is 20.9. The summed E-state index contributed by atoms with van der Waals surface area (Å²) in [5.41, 5.74) is 3.65. The first-order valence-electron chi connectivity index (χ1n) is 9.88. The third-order valence-electron chi connectivity index (χ3n) is 5.93. The van der Waals surface area contributed by atoms with Crippen molar-refractivity contribution in [1.82, 2.24) is 15.1 Å². The summed E-state index contributed by atoms with van der Waals surface area (Å²) in [5.74, 6) is 0.857. The lowest BCUT2D eigenvalue weighted by molar-refractivity contribution is 0.138. The third-order valence-corrected chi connectivity index (χ3v) is 6.42. The monoisotopic (exact) mass is 443 g/mol. The van der Waals surface area contributed by atoms with Gasteiger partial charge >= 0.3 is 0 Å². The Kier molecular flexibility index (Phi) is 4.43. The zero-order valence-electron chi connectivity index (χ0n) is 15.8. The van der Waals surface area contributed by atoms with Crippen LogP contribution in [-0.4, -0.2) is 40.5 Å². The van der Waals surface area contributed by atoms with Crippen LogP contribution in [0.4, 0.5) is 4.39 Å². The fourth-order valence-corrected chi connectivity index (χ4v) is 4.76. The second-order valence-electron chi connectivity index (χ2n) is 7.85. The third kappa shape index (κ3) is 3.12. The van der Waals surface area contributed by atoms with Crippen molar-refractivity contribution in [3.8, 4) is 5.75 Å². The Bertz CT molecular complexity index is 1030. The number of nitrogens with one attached hydrogen (secondary N) is 1. The van der Waals surface area contributed by atoms with Crippen LogP contribution in [0.2, 0.25) is 0 Å². The van der Waals surface area contributed by atoms with Crippen molar-refractivity contribution in [3.05, 3.63) is 57.7 Å². The molecule has 1 aromatic heterocycles. The maximum absolute atomic E-state index is 14.8. The van der Waals surface area contributed by atoms with E-state index in [0.29, 0.717) is 26.0 Å².